The summed E-state index contributed by atoms with van der Waals surface area (Å²) in [5.74, 6) is -5.10. The van der Waals surface area contributed by atoms with E-state index >= 15 is 0 Å². The molecule has 0 unspecified atom stereocenters. The molecule has 0 saturated carbocycles. The quantitative estimate of drug-likeness (QED) is 0.0252. The molecule has 0 aliphatic carbocycles. The fourth-order valence-corrected chi connectivity index (χ4v) is 6.98. The Labute approximate surface area is 388 Å². The Morgan fingerprint density at radius 2 is 1.12 bits per heavy atom. The number of aromatic amines is 1. The number of aromatic nitrogens is 2. The normalized spacial score (nSPS) is 14.9. The van der Waals surface area contributed by atoms with Gasteiger partial charge in [-0.15, -0.1) is 0 Å². The number of H-pyrrole nitrogens is 1. The van der Waals surface area contributed by atoms with Gasteiger partial charge in [0.2, 0.25) is 41.4 Å². The molecule has 368 valence electrons. The number of aliphatic imine (C=N–C) groups is 1. The average molecular weight is 925 g/mol. The number of benzene rings is 1. The summed E-state index contributed by atoms with van der Waals surface area (Å²) in [5, 5.41) is 16.6. The summed E-state index contributed by atoms with van der Waals surface area (Å²) < 4.78 is 0. The van der Waals surface area contributed by atoms with Crippen molar-refractivity contribution >= 4 is 47.3 Å². The van der Waals surface area contributed by atoms with Crippen molar-refractivity contribution in [3.8, 4) is 0 Å². The van der Waals surface area contributed by atoms with Crippen LogP contribution in [-0.2, 0) is 46.4 Å². The number of amides is 7. The predicted molar refractivity (Wildman–Crippen MR) is 252 cm³/mol. The number of nitrogens with two attached hydrogens (primary N) is 5. The van der Waals surface area contributed by atoms with E-state index in [-0.39, 0.29) is 68.8 Å². The maximum Gasteiger partial charge on any atom is 0.243 e. The van der Waals surface area contributed by atoms with E-state index in [1.54, 1.807) is 30.3 Å². The number of hydrogen-bond donors (Lipinski definition) is 12. The summed E-state index contributed by atoms with van der Waals surface area (Å²) in [6, 6.07) is 1.17. The van der Waals surface area contributed by atoms with Gasteiger partial charge in [0.05, 0.1) is 12.4 Å². The zero-order valence-electron chi connectivity index (χ0n) is 39.4. The molecule has 2 rings (SSSR count). The van der Waals surface area contributed by atoms with E-state index in [2.05, 4.69) is 46.9 Å². The first kappa shape index (κ1) is 56.0. The SMILES string of the molecule is CC[C@H](C)[C@H](N)C(=O)N[C@@H](Cc1cnc[nH]1)C(=O)N[C@@H](CC(C)C)C(=O)N[C@@H](CCCCN)C(=O)N[C@@H](Cc1ccccc1)C(=O)N[C@@H](CC(C)C)C(=O)N[C@@H](CCCN=C(N)N)C(N)=O. The Bertz CT molecular complexity index is 1860. The Kier molecular flexibility index (Phi) is 25.0. The second-order valence-electron chi connectivity index (χ2n) is 17.6. The van der Waals surface area contributed by atoms with Gasteiger partial charge in [-0.3, -0.25) is 38.6 Å². The van der Waals surface area contributed by atoms with Gasteiger partial charge in [0.1, 0.15) is 36.3 Å². The highest BCUT2D eigenvalue weighted by molar-refractivity contribution is 5.97. The highest BCUT2D eigenvalue weighted by atomic mass is 16.2. The van der Waals surface area contributed by atoms with E-state index < -0.39 is 83.6 Å². The van der Waals surface area contributed by atoms with Gasteiger partial charge < -0.3 is 65.6 Å². The summed E-state index contributed by atoms with van der Waals surface area (Å²) in [6.45, 7) is 11.7. The molecular weight excluding hydrogens is 849 g/mol. The lowest BCUT2D eigenvalue weighted by atomic mass is 9.98. The number of primary amides is 1. The molecule has 0 fully saturated rings. The number of carbonyl (C=O) groups excluding carboxylic acids is 7. The van der Waals surface area contributed by atoms with Crippen molar-refractivity contribution in [3.05, 3.63) is 54.1 Å². The number of carbonyl (C=O) groups is 7. The maximum absolute atomic E-state index is 14.3. The molecule has 0 bridgehead atoms. The smallest absolute Gasteiger partial charge is 0.243 e. The van der Waals surface area contributed by atoms with E-state index in [1.165, 1.54) is 12.5 Å². The molecule has 17 N–H and O–H groups in total. The Balaban J connectivity index is 2.42. The number of nitrogens with one attached hydrogen (secondary N) is 7. The van der Waals surface area contributed by atoms with E-state index in [0.29, 0.717) is 43.5 Å². The summed E-state index contributed by atoms with van der Waals surface area (Å²) in [7, 11) is 0. The number of hydrogen-bond acceptors (Lipinski definition) is 11. The van der Waals surface area contributed by atoms with Crippen LogP contribution >= 0.6 is 0 Å². The van der Waals surface area contributed by atoms with Crippen molar-refractivity contribution < 1.29 is 33.6 Å². The maximum atomic E-state index is 14.3. The molecule has 1 aromatic heterocycles. The van der Waals surface area contributed by atoms with Crippen molar-refractivity contribution in [3.63, 3.8) is 0 Å². The van der Waals surface area contributed by atoms with Crippen LogP contribution in [0.1, 0.15) is 104 Å². The molecule has 2 aromatic rings. The number of nitrogens with zero attached hydrogens (tertiary/aromatic N) is 2. The number of unbranched alkanes of at least 4 members (excludes halogenated alkanes) is 1. The molecule has 0 radical (unpaired) electrons. The lowest BCUT2D eigenvalue weighted by Gasteiger charge is -2.28. The summed E-state index contributed by atoms with van der Waals surface area (Å²) in [6.07, 6.45) is 5.59. The van der Waals surface area contributed by atoms with Gasteiger partial charge in [0, 0.05) is 31.3 Å². The van der Waals surface area contributed by atoms with Gasteiger partial charge >= 0.3 is 0 Å². The number of rotatable bonds is 31. The topological polar surface area (TPSA) is 363 Å². The van der Waals surface area contributed by atoms with E-state index in [4.69, 9.17) is 28.7 Å². The van der Waals surface area contributed by atoms with Gasteiger partial charge in [0.25, 0.3) is 0 Å². The highest BCUT2D eigenvalue weighted by Gasteiger charge is 2.34. The first-order valence-electron chi connectivity index (χ1n) is 22.9. The van der Waals surface area contributed by atoms with Crippen molar-refractivity contribution in [2.24, 2.45) is 51.4 Å². The molecule has 1 aromatic carbocycles. The molecule has 0 spiro atoms. The molecule has 0 aliphatic heterocycles. The molecular formula is C45H76N14O7. The summed E-state index contributed by atoms with van der Waals surface area (Å²) in [5.41, 5.74) is 29.7. The van der Waals surface area contributed by atoms with Gasteiger partial charge in [-0.1, -0.05) is 78.3 Å². The zero-order chi connectivity index (χ0) is 49.3. The molecule has 0 aliphatic rings. The van der Waals surface area contributed by atoms with Crippen LogP contribution in [0, 0.1) is 17.8 Å². The largest absolute Gasteiger partial charge is 0.370 e. The first-order chi connectivity index (χ1) is 31.2. The van der Waals surface area contributed by atoms with Crippen molar-refractivity contribution in [2.75, 3.05) is 13.1 Å². The van der Waals surface area contributed by atoms with E-state index in [9.17, 15) is 33.6 Å². The average Bonchev–Trinajstić information content (AvgIpc) is 3.78. The molecule has 1 heterocycles. The Morgan fingerprint density at radius 3 is 1.62 bits per heavy atom. The van der Waals surface area contributed by atoms with Crippen LogP contribution in [0.2, 0.25) is 0 Å². The van der Waals surface area contributed by atoms with Crippen LogP contribution < -0.4 is 60.6 Å². The molecule has 0 saturated heterocycles. The molecule has 21 heteroatoms. The standard InChI is InChI=1S/C45H76N14O7/c1-7-28(6)37(47)44(66)59-36(23-30-24-51-25-53-30)43(65)57-34(21-27(4)5)41(63)55-32(16-11-12-18-46)39(61)58-35(22-29-14-9-8-10-15-29)42(64)56-33(20-26(2)3)40(62)54-31(38(48)60)17-13-19-52-45(49)50/h8-10,14-15,24-28,31-37H,7,11-13,16-23,46-47H2,1-6H3,(H2,48,60)(H,51,53)(H,54,62)(H,55,63)(H,56,64)(H,57,65)(H,58,61)(H,59,66)(H4,49,50,52)/t28-,31-,32-,33-,34-,35-,36-,37-/m0/s1. The van der Waals surface area contributed by atoms with Gasteiger partial charge in [-0.2, -0.15) is 0 Å². The molecule has 8 atom stereocenters. The first-order valence-corrected chi connectivity index (χ1v) is 22.9. The van der Waals surface area contributed by atoms with Crippen LogP contribution in [-0.4, -0.2) is 113 Å². The van der Waals surface area contributed by atoms with Gasteiger partial charge in [-0.05, 0) is 74.8 Å². The van der Waals surface area contributed by atoms with E-state index in [0.717, 1.165) is 0 Å². The molecule has 7 amide bonds. The van der Waals surface area contributed by atoms with Crippen molar-refractivity contribution in [2.45, 2.75) is 148 Å². The van der Waals surface area contributed by atoms with Crippen LogP contribution in [0.4, 0.5) is 0 Å². The summed E-state index contributed by atoms with van der Waals surface area (Å²) >= 11 is 0. The molecule has 21 nitrogen and oxygen atoms in total. The predicted octanol–water partition coefficient (Wildman–Crippen LogP) is -0.763. The number of imidazole rings is 1. The lowest BCUT2D eigenvalue weighted by Crippen LogP contribution is -2.60. The highest BCUT2D eigenvalue weighted by Crippen LogP contribution is 2.13. The third kappa shape index (κ3) is 20.8. The minimum atomic E-state index is -1.23. The fraction of sp³-hybridized carbons (Fsp3) is 0.622. The summed E-state index contributed by atoms with van der Waals surface area (Å²) in [4.78, 5) is 107. The monoisotopic (exact) mass is 925 g/mol. The minimum Gasteiger partial charge on any atom is -0.370 e. The third-order valence-corrected chi connectivity index (χ3v) is 11.0. The van der Waals surface area contributed by atoms with Crippen LogP contribution in [0.5, 0.6) is 0 Å². The van der Waals surface area contributed by atoms with Crippen LogP contribution in [0.3, 0.4) is 0 Å². The van der Waals surface area contributed by atoms with Crippen molar-refractivity contribution in [1.82, 2.24) is 41.9 Å². The Morgan fingerprint density at radius 1 is 0.636 bits per heavy atom. The van der Waals surface area contributed by atoms with Gasteiger partial charge in [0.15, 0.2) is 5.96 Å². The second kappa shape index (κ2) is 29.4. The third-order valence-electron chi connectivity index (χ3n) is 11.0. The minimum absolute atomic E-state index is 0.0166. The fourth-order valence-electron chi connectivity index (χ4n) is 6.98. The zero-order valence-corrected chi connectivity index (χ0v) is 39.4. The van der Waals surface area contributed by atoms with Crippen molar-refractivity contribution in [1.29, 1.82) is 0 Å². The Hall–Kier alpha value is -6.09. The lowest BCUT2D eigenvalue weighted by molar-refractivity contribution is -0.135. The van der Waals surface area contributed by atoms with Crippen LogP contribution in [0.25, 0.3) is 0 Å². The number of guanidine groups is 1. The van der Waals surface area contributed by atoms with Crippen LogP contribution in [0.15, 0.2) is 47.8 Å². The second-order valence-corrected chi connectivity index (χ2v) is 17.6. The molecule has 66 heavy (non-hydrogen) atoms. The van der Waals surface area contributed by atoms with Gasteiger partial charge in [-0.25, -0.2) is 4.98 Å². The van der Waals surface area contributed by atoms with E-state index in [1.807, 2.05) is 41.5 Å².